The molecule has 1 heterocycles. The van der Waals surface area contributed by atoms with Crippen LogP contribution in [0.2, 0.25) is 0 Å². The molecule has 2 aromatic carbocycles. The molecular weight excluding hydrogens is 332 g/mol. The Labute approximate surface area is 153 Å². The summed E-state index contributed by atoms with van der Waals surface area (Å²) in [4.78, 5) is 17.4. The molecule has 2 aromatic rings. The quantitative estimate of drug-likeness (QED) is 0.831. The van der Waals surface area contributed by atoms with Crippen molar-refractivity contribution in [2.45, 2.75) is 11.4 Å². The summed E-state index contributed by atoms with van der Waals surface area (Å²) >= 11 is 1.77. The normalized spacial score (nSPS) is 15.2. The molecule has 0 aromatic heterocycles. The molecule has 25 heavy (non-hydrogen) atoms. The van der Waals surface area contributed by atoms with Crippen LogP contribution in [0.25, 0.3) is 0 Å². The molecule has 1 amide bonds. The third-order valence-corrected chi connectivity index (χ3v) is 5.43. The van der Waals surface area contributed by atoms with Gasteiger partial charge in [-0.05, 0) is 36.6 Å². The van der Waals surface area contributed by atoms with Crippen LogP contribution in [0.15, 0.2) is 53.4 Å². The predicted octanol–water partition coefficient (Wildman–Crippen LogP) is 1.96. The molecule has 0 atom stereocenters. The highest BCUT2D eigenvalue weighted by Gasteiger charge is 2.24. The van der Waals surface area contributed by atoms with Gasteiger partial charge in [0.05, 0.1) is 33.3 Å². The van der Waals surface area contributed by atoms with Crippen LogP contribution in [0.5, 0.6) is 5.75 Å². The van der Waals surface area contributed by atoms with Gasteiger partial charge >= 0.3 is 0 Å². The van der Waals surface area contributed by atoms with E-state index in [1.165, 1.54) is 15.4 Å². The van der Waals surface area contributed by atoms with Crippen LogP contribution in [0.3, 0.4) is 0 Å². The van der Waals surface area contributed by atoms with Crippen LogP contribution in [-0.4, -0.2) is 50.4 Å². The summed E-state index contributed by atoms with van der Waals surface area (Å²) in [5.74, 6) is 0.825. The lowest BCUT2D eigenvalue weighted by atomic mass is 10.1. The number of methoxy groups -OCH3 is 1. The number of nitrogens with one attached hydrogen (secondary N) is 1. The summed E-state index contributed by atoms with van der Waals surface area (Å²) in [7, 11) is 1.62. The first-order valence-electron chi connectivity index (χ1n) is 8.59. The highest BCUT2D eigenvalue weighted by atomic mass is 32.2. The summed E-state index contributed by atoms with van der Waals surface area (Å²) in [6.45, 7) is 4.60. The van der Waals surface area contributed by atoms with E-state index in [1.54, 1.807) is 18.9 Å². The molecule has 1 saturated heterocycles. The Bertz CT molecular complexity index is 710. The van der Waals surface area contributed by atoms with Gasteiger partial charge in [-0.25, -0.2) is 0 Å². The van der Waals surface area contributed by atoms with Crippen molar-refractivity contribution in [1.82, 2.24) is 4.90 Å². The maximum absolute atomic E-state index is 12.7. The van der Waals surface area contributed by atoms with Crippen LogP contribution in [-0.2, 0) is 6.54 Å². The number of nitrogens with zero attached hydrogens (tertiary/aromatic N) is 1. The number of piperazine rings is 1. The smallest absolute Gasteiger partial charge is 0.254 e. The van der Waals surface area contributed by atoms with Gasteiger partial charge in [0.2, 0.25) is 0 Å². The lowest BCUT2D eigenvalue weighted by Gasteiger charge is -2.32. The van der Waals surface area contributed by atoms with E-state index in [-0.39, 0.29) is 5.91 Å². The van der Waals surface area contributed by atoms with Crippen LogP contribution in [0.4, 0.5) is 0 Å². The van der Waals surface area contributed by atoms with Crippen molar-refractivity contribution in [2.75, 3.05) is 39.5 Å². The van der Waals surface area contributed by atoms with Crippen molar-refractivity contribution in [3.8, 4) is 5.75 Å². The first-order valence-corrected chi connectivity index (χ1v) is 9.82. The van der Waals surface area contributed by atoms with Gasteiger partial charge < -0.3 is 14.5 Å². The largest absolute Gasteiger partial charge is 0.497 e. The van der Waals surface area contributed by atoms with Gasteiger partial charge in [-0.3, -0.25) is 4.79 Å². The Morgan fingerprint density at radius 2 is 1.88 bits per heavy atom. The fraction of sp³-hybridized carbons (Fsp3) is 0.350. The molecule has 0 saturated carbocycles. The maximum Gasteiger partial charge on any atom is 0.254 e. The maximum atomic E-state index is 12.7. The highest BCUT2D eigenvalue weighted by molar-refractivity contribution is 7.98. The first-order chi connectivity index (χ1) is 12.2. The number of rotatable bonds is 5. The van der Waals surface area contributed by atoms with Crippen LogP contribution in [0, 0.1) is 0 Å². The molecule has 1 fully saturated rings. The van der Waals surface area contributed by atoms with Crippen LogP contribution >= 0.6 is 11.8 Å². The van der Waals surface area contributed by atoms with E-state index in [1.807, 2.05) is 29.2 Å². The number of ether oxygens (including phenoxy) is 1. The molecule has 4 nitrogen and oxygen atoms in total. The standard InChI is InChI=1S/C20H24N2O2S/c1-24-18-5-3-4-17(14-18)20(23)22-12-10-21(11-13-22)15-16-6-8-19(25-2)9-7-16/h3-9,14H,10-13,15H2,1-2H3/p+1. The fourth-order valence-electron chi connectivity index (χ4n) is 3.17. The molecule has 0 aliphatic carbocycles. The van der Waals surface area contributed by atoms with Gasteiger partial charge in [-0.2, -0.15) is 0 Å². The Morgan fingerprint density at radius 1 is 1.16 bits per heavy atom. The SMILES string of the molecule is COc1cccc(C(=O)N2CC[NH+](Cc3ccc(SC)cc3)CC2)c1. The van der Waals surface area contributed by atoms with E-state index in [0.717, 1.165) is 38.5 Å². The summed E-state index contributed by atoms with van der Waals surface area (Å²) in [5, 5.41) is 0. The monoisotopic (exact) mass is 357 g/mol. The van der Waals surface area contributed by atoms with Gasteiger partial charge in [0, 0.05) is 16.0 Å². The molecule has 132 valence electrons. The van der Waals surface area contributed by atoms with Crippen molar-refractivity contribution < 1.29 is 14.4 Å². The van der Waals surface area contributed by atoms with E-state index in [2.05, 4.69) is 30.5 Å². The van der Waals surface area contributed by atoms with Crippen molar-refractivity contribution in [2.24, 2.45) is 0 Å². The van der Waals surface area contributed by atoms with Gasteiger partial charge in [0.15, 0.2) is 0 Å². The molecule has 0 radical (unpaired) electrons. The average molecular weight is 357 g/mol. The number of benzene rings is 2. The minimum Gasteiger partial charge on any atom is -0.497 e. The van der Waals surface area contributed by atoms with E-state index < -0.39 is 0 Å². The summed E-state index contributed by atoms with van der Waals surface area (Å²) in [6, 6.07) is 16.2. The van der Waals surface area contributed by atoms with Crippen LogP contribution in [0.1, 0.15) is 15.9 Å². The second kappa shape index (κ2) is 8.41. The molecule has 5 heteroatoms. The molecule has 3 rings (SSSR count). The number of carbonyl (C=O) groups excluding carboxylic acids is 1. The minimum absolute atomic E-state index is 0.0993. The third-order valence-electron chi connectivity index (χ3n) is 4.69. The second-order valence-corrected chi connectivity index (χ2v) is 7.18. The number of carbonyl (C=O) groups is 1. The number of thioether (sulfide) groups is 1. The summed E-state index contributed by atoms with van der Waals surface area (Å²) in [6.07, 6.45) is 2.10. The van der Waals surface area contributed by atoms with Gasteiger partial charge in [-0.15, -0.1) is 11.8 Å². The molecular formula is C20H25N2O2S+. The Kier molecular flexibility index (Phi) is 6.00. The van der Waals surface area contributed by atoms with E-state index in [0.29, 0.717) is 5.56 Å². The summed E-state index contributed by atoms with van der Waals surface area (Å²) in [5.41, 5.74) is 2.07. The molecule has 1 aliphatic rings. The zero-order chi connectivity index (χ0) is 17.6. The summed E-state index contributed by atoms with van der Waals surface area (Å²) < 4.78 is 5.22. The van der Waals surface area contributed by atoms with E-state index >= 15 is 0 Å². The number of amides is 1. The van der Waals surface area contributed by atoms with Crippen molar-refractivity contribution in [1.29, 1.82) is 0 Å². The number of hydrogen-bond donors (Lipinski definition) is 1. The zero-order valence-electron chi connectivity index (χ0n) is 14.8. The van der Waals surface area contributed by atoms with E-state index in [9.17, 15) is 4.79 Å². The van der Waals surface area contributed by atoms with Crippen molar-refractivity contribution >= 4 is 17.7 Å². The Morgan fingerprint density at radius 3 is 2.52 bits per heavy atom. The topological polar surface area (TPSA) is 34.0 Å². The minimum atomic E-state index is 0.0993. The van der Waals surface area contributed by atoms with Gasteiger partial charge in [0.1, 0.15) is 12.3 Å². The average Bonchev–Trinajstić information content (AvgIpc) is 2.68. The van der Waals surface area contributed by atoms with Crippen LogP contribution < -0.4 is 9.64 Å². The lowest BCUT2D eigenvalue weighted by molar-refractivity contribution is -0.917. The first kappa shape index (κ1) is 17.8. The molecule has 0 bridgehead atoms. The Balaban J connectivity index is 1.54. The van der Waals surface area contributed by atoms with Gasteiger partial charge in [0.25, 0.3) is 5.91 Å². The van der Waals surface area contributed by atoms with Gasteiger partial charge in [-0.1, -0.05) is 18.2 Å². The predicted molar refractivity (Wildman–Crippen MR) is 102 cm³/mol. The lowest BCUT2D eigenvalue weighted by Crippen LogP contribution is -3.13. The molecule has 0 unspecified atom stereocenters. The molecule has 1 aliphatic heterocycles. The number of hydrogen-bond acceptors (Lipinski definition) is 3. The second-order valence-electron chi connectivity index (χ2n) is 6.30. The number of quaternary nitrogens is 1. The molecule has 0 spiro atoms. The van der Waals surface area contributed by atoms with Crippen molar-refractivity contribution in [3.63, 3.8) is 0 Å². The van der Waals surface area contributed by atoms with Crippen molar-refractivity contribution in [3.05, 3.63) is 59.7 Å². The zero-order valence-corrected chi connectivity index (χ0v) is 15.6. The fourth-order valence-corrected chi connectivity index (χ4v) is 3.58. The third kappa shape index (κ3) is 4.55. The molecule has 1 N–H and O–H groups in total. The van der Waals surface area contributed by atoms with E-state index in [4.69, 9.17) is 4.74 Å². The Hall–Kier alpha value is -1.98. The highest BCUT2D eigenvalue weighted by Crippen LogP contribution is 2.15.